The lowest BCUT2D eigenvalue weighted by atomic mass is 10.0. The highest BCUT2D eigenvalue weighted by Crippen LogP contribution is 2.24. The summed E-state index contributed by atoms with van der Waals surface area (Å²) in [5.74, 6) is 10.2. The lowest BCUT2D eigenvalue weighted by Crippen LogP contribution is -2.30. The number of aromatic nitrogens is 2. The standard InChI is InChI=1S/C26H21N5O3/c1-16(26(33)34)29-20-10-6-18(7-11-20)3-2-17-4-8-19(9-5-17)24-14-21(25(32)31-27)22-15-28-13-12-23(22)30-24/h4-16,29H,27H2,1H3,(H,31,32)(H,33,34). The molecule has 168 valence electrons. The molecular weight excluding hydrogens is 430 g/mol. The normalized spacial score (nSPS) is 11.2. The van der Waals surface area contributed by atoms with E-state index in [0.29, 0.717) is 27.8 Å². The van der Waals surface area contributed by atoms with Crippen LogP contribution in [0.3, 0.4) is 0 Å². The Balaban J connectivity index is 1.55. The Hall–Kier alpha value is -4.74. The van der Waals surface area contributed by atoms with Gasteiger partial charge in [0.15, 0.2) is 0 Å². The number of hydrazine groups is 1. The summed E-state index contributed by atoms with van der Waals surface area (Å²) in [5, 5.41) is 12.5. The lowest BCUT2D eigenvalue weighted by molar-refractivity contribution is -0.137. The van der Waals surface area contributed by atoms with E-state index in [-0.39, 0.29) is 0 Å². The highest BCUT2D eigenvalue weighted by Gasteiger charge is 2.13. The Morgan fingerprint density at radius 2 is 1.65 bits per heavy atom. The number of aliphatic carboxylic acids is 1. The second kappa shape index (κ2) is 9.81. The number of nitrogens with one attached hydrogen (secondary N) is 2. The fourth-order valence-electron chi connectivity index (χ4n) is 3.31. The first-order valence-corrected chi connectivity index (χ1v) is 10.4. The van der Waals surface area contributed by atoms with Crippen LogP contribution in [-0.4, -0.2) is 33.0 Å². The third kappa shape index (κ3) is 5.01. The Morgan fingerprint density at radius 3 is 2.26 bits per heavy atom. The van der Waals surface area contributed by atoms with E-state index >= 15 is 0 Å². The zero-order valence-electron chi connectivity index (χ0n) is 18.2. The fourth-order valence-corrected chi connectivity index (χ4v) is 3.31. The summed E-state index contributed by atoms with van der Waals surface area (Å²) < 4.78 is 0. The van der Waals surface area contributed by atoms with Gasteiger partial charge < -0.3 is 10.4 Å². The van der Waals surface area contributed by atoms with Crippen molar-refractivity contribution < 1.29 is 14.7 Å². The van der Waals surface area contributed by atoms with Crippen LogP contribution in [0.4, 0.5) is 5.69 Å². The molecule has 0 aliphatic carbocycles. The summed E-state index contributed by atoms with van der Waals surface area (Å²) >= 11 is 0. The summed E-state index contributed by atoms with van der Waals surface area (Å²) in [6, 6.07) is 17.6. The molecule has 4 aromatic rings. The number of rotatable bonds is 5. The predicted molar refractivity (Wildman–Crippen MR) is 130 cm³/mol. The molecule has 2 aromatic heterocycles. The molecule has 0 radical (unpaired) electrons. The molecule has 0 aliphatic rings. The van der Waals surface area contributed by atoms with Gasteiger partial charge in [0, 0.05) is 40.2 Å². The lowest BCUT2D eigenvalue weighted by Gasteiger charge is -2.10. The molecule has 1 atom stereocenters. The van der Waals surface area contributed by atoms with Crippen molar-refractivity contribution in [1.29, 1.82) is 0 Å². The summed E-state index contributed by atoms with van der Waals surface area (Å²) in [6.07, 6.45) is 3.21. The SMILES string of the molecule is CC(Nc1ccc(C#Cc2ccc(-c3cc(C(=O)NN)c4cnccc4n3)cc2)cc1)C(=O)O. The fraction of sp³-hybridized carbons (Fsp3) is 0.0769. The molecule has 8 heteroatoms. The van der Waals surface area contributed by atoms with E-state index in [9.17, 15) is 9.59 Å². The molecule has 0 fully saturated rings. The number of hydrogen-bond acceptors (Lipinski definition) is 6. The van der Waals surface area contributed by atoms with Crippen LogP contribution in [0.1, 0.15) is 28.4 Å². The van der Waals surface area contributed by atoms with Crippen molar-refractivity contribution in [2.75, 3.05) is 5.32 Å². The molecule has 1 amide bonds. The number of carboxylic acid groups (broad SMARTS) is 1. The number of nitrogen functional groups attached to an aromatic ring is 1. The van der Waals surface area contributed by atoms with Crippen LogP contribution in [0.5, 0.6) is 0 Å². The van der Waals surface area contributed by atoms with E-state index in [1.54, 1.807) is 43.6 Å². The number of hydrogen-bond donors (Lipinski definition) is 4. The molecule has 0 saturated carbocycles. The topological polar surface area (TPSA) is 130 Å². The Morgan fingerprint density at radius 1 is 1.00 bits per heavy atom. The number of carbonyl (C=O) groups excluding carboxylic acids is 1. The minimum Gasteiger partial charge on any atom is -0.480 e. The van der Waals surface area contributed by atoms with Crippen molar-refractivity contribution >= 4 is 28.5 Å². The van der Waals surface area contributed by atoms with Gasteiger partial charge in [-0.25, -0.2) is 10.8 Å². The number of carboxylic acids is 1. The molecule has 2 heterocycles. The predicted octanol–water partition coefficient (Wildman–Crippen LogP) is 3.19. The highest BCUT2D eigenvalue weighted by molar-refractivity contribution is 6.06. The molecule has 0 aliphatic heterocycles. The first-order chi connectivity index (χ1) is 16.4. The van der Waals surface area contributed by atoms with Gasteiger partial charge in [-0.05, 0) is 55.5 Å². The molecule has 5 N–H and O–H groups in total. The summed E-state index contributed by atoms with van der Waals surface area (Å²) in [4.78, 5) is 31.9. The second-order valence-electron chi connectivity index (χ2n) is 7.53. The maximum Gasteiger partial charge on any atom is 0.325 e. The minimum atomic E-state index is -0.915. The third-order valence-corrected chi connectivity index (χ3v) is 5.16. The van der Waals surface area contributed by atoms with Crippen molar-refractivity contribution in [3.8, 4) is 23.1 Å². The first-order valence-electron chi connectivity index (χ1n) is 10.4. The maximum absolute atomic E-state index is 12.2. The van der Waals surface area contributed by atoms with Gasteiger partial charge in [0.25, 0.3) is 5.91 Å². The molecule has 34 heavy (non-hydrogen) atoms. The van der Waals surface area contributed by atoms with Gasteiger partial charge in [0.2, 0.25) is 0 Å². The average molecular weight is 451 g/mol. The van der Waals surface area contributed by atoms with Gasteiger partial charge in [0.1, 0.15) is 6.04 Å². The molecule has 0 bridgehead atoms. The van der Waals surface area contributed by atoms with Crippen LogP contribution in [-0.2, 0) is 4.79 Å². The largest absolute Gasteiger partial charge is 0.480 e. The Bertz CT molecular complexity index is 1420. The van der Waals surface area contributed by atoms with Crippen LogP contribution >= 0.6 is 0 Å². The van der Waals surface area contributed by atoms with Gasteiger partial charge in [-0.15, -0.1) is 0 Å². The summed E-state index contributed by atoms with van der Waals surface area (Å²) in [5.41, 5.74) is 7.01. The summed E-state index contributed by atoms with van der Waals surface area (Å²) in [6.45, 7) is 1.58. The molecule has 1 unspecified atom stereocenters. The third-order valence-electron chi connectivity index (χ3n) is 5.16. The quantitative estimate of drug-likeness (QED) is 0.159. The van der Waals surface area contributed by atoms with Gasteiger partial charge in [-0.1, -0.05) is 24.0 Å². The second-order valence-corrected chi connectivity index (χ2v) is 7.53. The number of benzene rings is 2. The maximum atomic E-state index is 12.2. The zero-order chi connectivity index (χ0) is 24.1. The molecule has 0 saturated heterocycles. The van der Waals surface area contributed by atoms with Crippen LogP contribution in [0.2, 0.25) is 0 Å². The zero-order valence-corrected chi connectivity index (χ0v) is 18.2. The van der Waals surface area contributed by atoms with Gasteiger partial charge >= 0.3 is 5.97 Å². The van der Waals surface area contributed by atoms with Crippen molar-refractivity contribution in [3.63, 3.8) is 0 Å². The van der Waals surface area contributed by atoms with E-state index in [4.69, 9.17) is 10.9 Å². The minimum absolute atomic E-state index is 0.398. The van der Waals surface area contributed by atoms with Crippen molar-refractivity contribution in [2.24, 2.45) is 5.84 Å². The number of nitrogens with two attached hydrogens (primary N) is 1. The number of anilines is 1. The van der Waals surface area contributed by atoms with E-state index < -0.39 is 17.9 Å². The number of nitrogens with zero attached hydrogens (tertiary/aromatic N) is 2. The average Bonchev–Trinajstić information content (AvgIpc) is 2.87. The Labute approximate surface area is 195 Å². The molecule has 4 rings (SSSR count). The van der Waals surface area contributed by atoms with Crippen molar-refractivity contribution in [3.05, 3.63) is 89.7 Å². The van der Waals surface area contributed by atoms with Crippen molar-refractivity contribution in [1.82, 2.24) is 15.4 Å². The molecule has 0 spiro atoms. The summed E-state index contributed by atoms with van der Waals surface area (Å²) in [7, 11) is 0. The van der Waals surface area contributed by atoms with E-state index in [1.807, 2.05) is 36.4 Å². The molecule has 2 aromatic carbocycles. The van der Waals surface area contributed by atoms with Gasteiger partial charge in [0.05, 0.1) is 16.8 Å². The first kappa shape index (κ1) is 22.5. The van der Waals surface area contributed by atoms with E-state index in [1.165, 1.54) is 0 Å². The molecule has 8 nitrogen and oxygen atoms in total. The van der Waals surface area contributed by atoms with Gasteiger partial charge in [-0.2, -0.15) is 0 Å². The van der Waals surface area contributed by atoms with Crippen LogP contribution in [0.25, 0.3) is 22.2 Å². The van der Waals surface area contributed by atoms with Crippen LogP contribution in [0, 0.1) is 11.8 Å². The number of pyridine rings is 2. The van der Waals surface area contributed by atoms with Crippen molar-refractivity contribution in [2.45, 2.75) is 13.0 Å². The smallest absolute Gasteiger partial charge is 0.325 e. The Kier molecular flexibility index (Phi) is 6.48. The van der Waals surface area contributed by atoms with Crippen LogP contribution in [0.15, 0.2) is 73.1 Å². The number of fused-ring (bicyclic) bond motifs is 1. The number of carbonyl (C=O) groups is 2. The number of amides is 1. The van der Waals surface area contributed by atoms with E-state index in [2.05, 4.69) is 32.6 Å². The highest BCUT2D eigenvalue weighted by atomic mass is 16.4. The van der Waals surface area contributed by atoms with Crippen LogP contribution < -0.4 is 16.6 Å². The molecular formula is C26H21N5O3. The van der Waals surface area contributed by atoms with E-state index in [0.717, 1.165) is 16.7 Å². The van der Waals surface area contributed by atoms with Gasteiger partial charge in [-0.3, -0.25) is 20.0 Å². The monoisotopic (exact) mass is 451 g/mol.